The minimum absolute atomic E-state index is 0.150. The molecule has 0 aromatic heterocycles. The molecule has 1 aliphatic carbocycles. The van der Waals surface area contributed by atoms with Crippen molar-refractivity contribution in [2.24, 2.45) is 0 Å². The highest BCUT2D eigenvalue weighted by Crippen LogP contribution is 2.26. The summed E-state index contributed by atoms with van der Waals surface area (Å²) in [6.45, 7) is 2.10. The lowest BCUT2D eigenvalue weighted by Crippen LogP contribution is -2.31. The van der Waals surface area contributed by atoms with Crippen LogP contribution in [0.2, 0.25) is 0 Å². The molecule has 0 spiro atoms. The van der Waals surface area contributed by atoms with Crippen LogP contribution in [0.4, 0.5) is 0 Å². The SMILES string of the molecule is CCC(NC)C(O)c1ccc2c(c1)CCCC2. The maximum absolute atomic E-state index is 10.3. The van der Waals surface area contributed by atoms with E-state index in [1.165, 1.54) is 36.8 Å². The quantitative estimate of drug-likeness (QED) is 0.838. The molecule has 0 radical (unpaired) electrons. The lowest BCUT2D eigenvalue weighted by Gasteiger charge is -2.23. The van der Waals surface area contributed by atoms with Crippen molar-refractivity contribution in [3.05, 3.63) is 34.9 Å². The lowest BCUT2D eigenvalue weighted by molar-refractivity contribution is 0.130. The van der Waals surface area contributed by atoms with Crippen LogP contribution in [0.5, 0.6) is 0 Å². The van der Waals surface area contributed by atoms with Gasteiger partial charge in [-0.1, -0.05) is 25.1 Å². The van der Waals surface area contributed by atoms with Crippen LogP contribution in [0, 0.1) is 0 Å². The number of fused-ring (bicyclic) bond motifs is 1. The van der Waals surface area contributed by atoms with Crippen LogP contribution in [-0.2, 0) is 12.8 Å². The number of aryl methyl sites for hydroxylation is 2. The molecule has 1 aromatic rings. The molecule has 0 saturated heterocycles. The summed E-state index contributed by atoms with van der Waals surface area (Å²) in [4.78, 5) is 0. The summed E-state index contributed by atoms with van der Waals surface area (Å²) >= 11 is 0. The number of hydrogen-bond donors (Lipinski definition) is 2. The van der Waals surface area contributed by atoms with Gasteiger partial charge in [-0.05, 0) is 55.8 Å². The molecule has 0 saturated carbocycles. The second kappa shape index (κ2) is 5.65. The van der Waals surface area contributed by atoms with E-state index >= 15 is 0 Å². The van der Waals surface area contributed by atoms with Crippen LogP contribution in [0.15, 0.2) is 18.2 Å². The molecule has 17 heavy (non-hydrogen) atoms. The van der Waals surface area contributed by atoms with E-state index in [4.69, 9.17) is 0 Å². The normalized spacial score (nSPS) is 18.5. The molecule has 2 unspecified atom stereocenters. The van der Waals surface area contributed by atoms with Crippen LogP contribution in [0.1, 0.15) is 49.0 Å². The van der Waals surface area contributed by atoms with E-state index in [0.717, 1.165) is 12.0 Å². The van der Waals surface area contributed by atoms with Gasteiger partial charge in [0.15, 0.2) is 0 Å². The zero-order valence-corrected chi connectivity index (χ0v) is 10.9. The number of likely N-dealkylation sites (N-methyl/N-ethyl adjacent to an activating group) is 1. The van der Waals surface area contributed by atoms with E-state index in [1.807, 2.05) is 7.05 Å². The minimum atomic E-state index is -0.391. The van der Waals surface area contributed by atoms with Crippen molar-refractivity contribution >= 4 is 0 Å². The first-order chi connectivity index (χ1) is 8.26. The molecule has 1 aliphatic rings. The van der Waals surface area contributed by atoms with Crippen LogP contribution < -0.4 is 5.32 Å². The van der Waals surface area contributed by atoms with Crippen molar-refractivity contribution in [2.45, 2.75) is 51.2 Å². The predicted octanol–water partition coefficient (Wildman–Crippen LogP) is 2.60. The zero-order chi connectivity index (χ0) is 12.3. The first-order valence-electron chi connectivity index (χ1n) is 6.73. The third kappa shape index (κ3) is 2.70. The molecule has 0 heterocycles. The average molecular weight is 233 g/mol. The molecule has 94 valence electrons. The van der Waals surface area contributed by atoms with Gasteiger partial charge in [-0.3, -0.25) is 0 Å². The number of benzene rings is 1. The highest BCUT2D eigenvalue weighted by atomic mass is 16.3. The Balaban J connectivity index is 2.21. The molecule has 2 atom stereocenters. The number of aliphatic hydroxyl groups excluding tert-OH is 1. The average Bonchev–Trinajstić information content (AvgIpc) is 2.39. The van der Waals surface area contributed by atoms with E-state index in [-0.39, 0.29) is 6.04 Å². The van der Waals surface area contributed by atoms with Crippen molar-refractivity contribution in [2.75, 3.05) is 7.05 Å². The fourth-order valence-corrected chi connectivity index (χ4v) is 2.75. The van der Waals surface area contributed by atoms with Gasteiger partial charge < -0.3 is 10.4 Å². The van der Waals surface area contributed by atoms with Gasteiger partial charge in [0, 0.05) is 6.04 Å². The Hall–Kier alpha value is -0.860. The number of aliphatic hydroxyl groups is 1. The number of hydrogen-bond acceptors (Lipinski definition) is 2. The Morgan fingerprint density at radius 1 is 1.24 bits per heavy atom. The van der Waals surface area contributed by atoms with Gasteiger partial charge in [0.25, 0.3) is 0 Å². The third-order valence-electron chi connectivity index (χ3n) is 3.91. The molecule has 2 rings (SSSR count). The van der Waals surface area contributed by atoms with Gasteiger partial charge in [0.1, 0.15) is 0 Å². The fourth-order valence-electron chi connectivity index (χ4n) is 2.75. The van der Waals surface area contributed by atoms with Crippen LogP contribution in [0.25, 0.3) is 0 Å². The van der Waals surface area contributed by atoms with Crippen molar-refractivity contribution in [1.82, 2.24) is 5.32 Å². The lowest BCUT2D eigenvalue weighted by atomic mass is 9.88. The smallest absolute Gasteiger partial charge is 0.0942 e. The number of rotatable bonds is 4. The standard InChI is InChI=1S/C15H23NO/c1-3-14(16-2)15(17)13-9-8-11-6-4-5-7-12(11)10-13/h8-10,14-17H,3-7H2,1-2H3. The van der Waals surface area contributed by atoms with Crippen LogP contribution in [-0.4, -0.2) is 18.2 Å². The summed E-state index contributed by atoms with van der Waals surface area (Å²) in [5.41, 5.74) is 3.98. The summed E-state index contributed by atoms with van der Waals surface area (Å²) in [6, 6.07) is 6.65. The van der Waals surface area contributed by atoms with Crippen LogP contribution in [0.3, 0.4) is 0 Å². The summed E-state index contributed by atoms with van der Waals surface area (Å²) in [6.07, 6.45) is 5.52. The van der Waals surface area contributed by atoms with Crippen molar-refractivity contribution in [3.8, 4) is 0 Å². The van der Waals surface area contributed by atoms with E-state index in [9.17, 15) is 5.11 Å². The Bertz CT molecular complexity index is 371. The Morgan fingerprint density at radius 3 is 2.59 bits per heavy atom. The molecular formula is C15H23NO. The molecule has 0 fully saturated rings. The van der Waals surface area contributed by atoms with E-state index in [2.05, 4.69) is 30.4 Å². The van der Waals surface area contributed by atoms with Crippen molar-refractivity contribution in [1.29, 1.82) is 0 Å². The molecule has 2 heteroatoms. The topological polar surface area (TPSA) is 32.3 Å². The van der Waals surface area contributed by atoms with Crippen molar-refractivity contribution < 1.29 is 5.11 Å². The predicted molar refractivity (Wildman–Crippen MR) is 71.2 cm³/mol. The largest absolute Gasteiger partial charge is 0.387 e. The highest BCUT2D eigenvalue weighted by Gasteiger charge is 2.19. The number of nitrogens with one attached hydrogen (secondary N) is 1. The van der Waals surface area contributed by atoms with Crippen molar-refractivity contribution in [3.63, 3.8) is 0 Å². The van der Waals surface area contributed by atoms with Gasteiger partial charge in [0.2, 0.25) is 0 Å². The van der Waals surface area contributed by atoms with Gasteiger partial charge in [-0.2, -0.15) is 0 Å². The maximum atomic E-state index is 10.3. The molecule has 0 amide bonds. The van der Waals surface area contributed by atoms with E-state index < -0.39 is 6.10 Å². The highest BCUT2D eigenvalue weighted by molar-refractivity contribution is 5.35. The summed E-state index contributed by atoms with van der Waals surface area (Å²) < 4.78 is 0. The second-order valence-corrected chi connectivity index (χ2v) is 4.98. The minimum Gasteiger partial charge on any atom is -0.387 e. The maximum Gasteiger partial charge on any atom is 0.0942 e. The first kappa shape index (κ1) is 12.6. The Kier molecular flexibility index (Phi) is 4.19. The van der Waals surface area contributed by atoms with Crippen LogP contribution >= 0.6 is 0 Å². The second-order valence-electron chi connectivity index (χ2n) is 4.98. The summed E-state index contributed by atoms with van der Waals surface area (Å²) in [5, 5.41) is 13.5. The van der Waals surface area contributed by atoms with Gasteiger partial charge in [-0.15, -0.1) is 0 Å². The van der Waals surface area contributed by atoms with E-state index in [0.29, 0.717) is 0 Å². The molecule has 0 bridgehead atoms. The molecule has 2 N–H and O–H groups in total. The van der Waals surface area contributed by atoms with Gasteiger partial charge in [-0.25, -0.2) is 0 Å². The summed E-state index contributed by atoms with van der Waals surface area (Å²) in [7, 11) is 1.91. The molecule has 1 aromatic carbocycles. The molecule has 2 nitrogen and oxygen atoms in total. The molecule has 0 aliphatic heterocycles. The first-order valence-corrected chi connectivity index (χ1v) is 6.73. The van der Waals surface area contributed by atoms with E-state index in [1.54, 1.807) is 0 Å². The fraction of sp³-hybridized carbons (Fsp3) is 0.600. The Morgan fingerprint density at radius 2 is 1.94 bits per heavy atom. The van der Waals surface area contributed by atoms with Gasteiger partial charge in [0.05, 0.1) is 6.10 Å². The summed E-state index contributed by atoms with van der Waals surface area (Å²) in [5.74, 6) is 0. The third-order valence-corrected chi connectivity index (χ3v) is 3.91. The molecular weight excluding hydrogens is 210 g/mol. The Labute approximate surface area is 104 Å². The van der Waals surface area contributed by atoms with Gasteiger partial charge >= 0.3 is 0 Å². The zero-order valence-electron chi connectivity index (χ0n) is 10.9. The monoisotopic (exact) mass is 233 g/mol.